The SMILES string of the molecule is Cc1cc(-c2nc3cc(CC[C@H](C(=O)OC(C)C)[C@@H](C)O)ccc3n2C[C@@H]2CCCOC2)cn(C)c1=O.Cc1cc(-c2nc3cc(CC[C@H](C(=O)OC(C)C)[C@@H](C)O)ccc3n2C[C@H]2CCCOC2)cn(C)c1=O. The number of esters is 2. The van der Waals surface area contributed by atoms with E-state index in [-0.39, 0.29) is 35.3 Å². The molecule has 0 radical (unpaired) electrons. The van der Waals surface area contributed by atoms with Crippen LogP contribution in [0.1, 0.15) is 102 Å². The number of aromatic nitrogens is 6. The molecule has 0 amide bonds. The normalized spacial score (nSPS) is 17.8. The van der Waals surface area contributed by atoms with Gasteiger partial charge in [-0.1, -0.05) is 12.1 Å². The minimum absolute atomic E-state index is 0.0157. The highest BCUT2D eigenvalue weighted by Crippen LogP contribution is 2.32. The number of imidazole rings is 2. The summed E-state index contributed by atoms with van der Waals surface area (Å²) in [6.45, 7) is 18.8. The predicted octanol–water partition coefficient (Wildman–Crippen LogP) is 8.04. The minimum Gasteiger partial charge on any atom is -0.463 e. The van der Waals surface area contributed by atoms with E-state index in [9.17, 15) is 29.4 Å². The molecule has 400 valence electrons. The molecule has 4 aromatic heterocycles. The second-order valence-electron chi connectivity index (χ2n) is 21.3. The van der Waals surface area contributed by atoms with Gasteiger partial charge in [-0.05, 0) is 154 Å². The summed E-state index contributed by atoms with van der Waals surface area (Å²) >= 11 is 0. The number of fused-ring (bicyclic) bond motifs is 2. The second-order valence-corrected chi connectivity index (χ2v) is 21.3. The first-order valence-electron chi connectivity index (χ1n) is 26.5. The van der Waals surface area contributed by atoms with Gasteiger partial charge in [-0.15, -0.1) is 0 Å². The maximum absolute atomic E-state index is 12.5. The monoisotopic (exact) mass is 1020 g/mol. The zero-order chi connectivity index (χ0) is 53.4. The van der Waals surface area contributed by atoms with E-state index < -0.39 is 24.0 Å². The van der Waals surface area contributed by atoms with Crippen LogP contribution in [0.5, 0.6) is 0 Å². The molecule has 2 N–H and O–H groups in total. The third-order valence-corrected chi connectivity index (χ3v) is 14.2. The molecule has 0 unspecified atom stereocenters. The van der Waals surface area contributed by atoms with Gasteiger partial charge in [0.1, 0.15) is 11.6 Å². The fourth-order valence-electron chi connectivity index (χ4n) is 10.3. The van der Waals surface area contributed by atoms with Crippen LogP contribution in [0.15, 0.2) is 70.5 Å². The molecule has 0 aliphatic carbocycles. The standard InChI is InChI=1S/2C29H39N3O5/c2*1-18(2)37-29(35)24(20(4)33)10-8-21-9-11-26-25(14-21)30-27(23-13-19(3)28(34)31(5)16-23)32(26)15-22-7-6-12-36-17-22/h2*9,11,13-14,16,18,20,22,24,33H,6-8,10,12,15,17H2,1-5H3/t20-,22+,24+;20-,22-,24+/m11/s1. The lowest BCUT2D eigenvalue weighted by atomic mass is 9.95. The van der Waals surface area contributed by atoms with Gasteiger partial charge in [0.25, 0.3) is 11.1 Å². The number of rotatable bonds is 18. The number of pyridine rings is 2. The maximum Gasteiger partial charge on any atom is 0.311 e. The molecule has 6 atom stereocenters. The van der Waals surface area contributed by atoms with Crippen LogP contribution < -0.4 is 11.1 Å². The molecular weight excluding hydrogens is 941 g/mol. The molecular formula is C58H78N6O10. The summed E-state index contributed by atoms with van der Waals surface area (Å²) in [6, 6.07) is 16.3. The number of hydrogen-bond acceptors (Lipinski definition) is 12. The lowest BCUT2D eigenvalue weighted by Gasteiger charge is -2.23. The molecule has 0 spiro atoms. The van der Waals surface area contributed by atoms with E-state index in [4.69, 9.17) is 28.9 Å². The van der Waals surface area contributed by atoms with Crippen molar-refractivity contribution >= 4 is 34.0 Å². The molecule has 2 aliphatic heterocycles. The van der Waals surface area contributed by atoms with E-state index in [1.807, 2.05) is 66.1 Å². The van der Waals surface area contributed by atoms with Crippen molar-refractivity contribution < 1.29 is 38.7 Å². The molecule has 2 fully saturated rings. The Morgan fingerprint density at radius 2 is 1.03 bits per heavy atom. The van der Waals surface area contributed by atoms with E-state index in [1.54, 1.807) is 37.1 Å². The lowest BCUT2D eigenvalue weighted by molar-refractivity contribution is -0.157. The van der Waals surface area contributed by atoms with Crippen molar-refractivity contribution in [3.05, 3.63) is 104 Å². The molecule has 0 bridgehead atoms. The van der Waals surface area contributed by atoms with Crippen LogP contribution in [0, 0.1) is 37.5 Å². The number of carbonyl (C=O) groups excluding carboxylic acids is 2. The van der Waals surface area contributed by atoms with Crippen molar-refractivity contribution in [2.24, 2.45) is 37.8 Å². The Labute approximate surface area is 434 Å². The molecule has 2 aliphatic rings. The smallest absolute Gasteiger partial charge is 0.311 e. The summed E-state index contributed by atoms with van der Waals surface area (Å²) in [5.41, 5.74) is 9.02. The van der Waals surface area contributed by atoms with Gasteiger partial charge in [-0.3, -0.25) is 19.2 Å². The quantitative estimate of drug-likeness (QED) is 0.0790. The third-order valence-electron chi connectivity index (χ3n) is 14.2. The fraction of sp³-hybridized carbons (Fsp3) is 0.552. The fourth-order valence-corrected chi connectivity index (χ4v) is 10.3. The number of carbonyl (C=O) groups is 2. The Bertz CT molecular complexity index is 2750. The van der Waals surface area contributed by atoms with Crippen molar-refractivity contribution in [3.8, 4) is 22.8 Å². The van der Waals surface area contributed by atoms with Crippen LogP contribution in [-0.4, -0.2) is 101 Å². The largest absolute Gasteiger partial charge is 0.463 e. The van der Waals surface area contributed by atoms with Gasteiger partial charge < -0.3 is 47.4 Å². The van der Waals surface area contributed by atoms with Crippen molar-refractivity contribution in [2.45, 2.75) is 144 Å². The van der Waals surface area contributed by atoms with Crippen molar-refractivity contribution in [2.75, 3.05) is 26.4 Å². The van der Waals surface area contributed by atoms with Gasteiger partial charge in [0, 0.05) is 86.9 Å². The number of ether oxygens (including phenoxy) is 4. The van der Waals surface area contributed by atoms with Crippen LogP contribution in [-0.2, 0) is 68.6 Å². The molecule has 6 aromatic rings. The summed E-state index contributed by atoms with van der Waals surface area (Å²) < 4.78 is 29.9. The summed E-state index contributed by atoms with van der Waals surface area (Å²) in [5.74, 6) is 0.582. The molecule has 0 saturated carbocycles. The molecule has 2 aromatic carbocycles. The van der Waals surface area contributed by atoms with Gasteiger partial charge in [-0.2, -0.15) is 0 Å². The van der Waals surface area contributed by atoms with Gasteiger partial charge in [-0.25, -0.2) is 9.97 Å². The van der Waals surface area contributed by atoms with Crippen molar-refractivity contribution in [1.82, 2.24) is 28.2 Å². The predicted molar refractivity (Wildman–Crippen MR) is 287 cm³/mol. The number of benzene rings is 2. The van der Waals surface area contributed by atoms with Crippen molar-refractivity contribution in [1.29, 1.82) is 0 Å². The summed E-state index contributed by atoms with van der Waals surface area (Å²) in [7, 11) is 3.53. The Morgan fingerprint density at radius 1 is 0.635 bits per heavy atom. The highest BCUT2D eigenvalue weighted by molar-refractivity contribution is 5.83. The highest BCUT2D eigenvalue weighted by Gasteiger charge is 2.28. The summed E-state index contributed by atoms with van der Waals surface area (Å²) in [4.78, 5) is 59.6. The minimum atomic E-state index is -0.786. The van der Waals surface area contributed by atoms with E-state index in [1.165, 1.54) is 0 Å². The topological polar surface area (TPSA) is 191 Å². The van der Waals surface area contributed by atoms with Crippen LogP contribution in [0.3, 0.4) is 0 Å². The van der Waals surface area contributed by atoms with Gasteiger partial charge in [0.15, 0.2) is 0 Å². The van der Waals surface area contributed by atoms with Crippen LogP contribution in [0.25, 0.3) is 44.8 Å². The maximum atomic E-state index is 12.5. The third kappa shape index (κ3) is 13.9. The summed E-state index contributed by atoms with van der Waals surface area (Å²) in [5, 5.41) is 20.4. The zero-order valence-corrected chi connectivity index (χ0v) is 45.1. The van der Waals surface area contributed by atoms with Crippen LogP contribution in [0.2, 0.25) is 0 Å². The average molecular weight is 1020 g/mol. The lowest BCUT2D eigenvalue weighted by Crippen LogP contribution is -2.30. The molecule has 74 heavy (non-hydrogen) atoms. The van der Waals surface area contributed by atoms with E-state index in [0.29, 0.717) is 48.6 Å². The zero-order valence-electron chi connectivity index (χ0n) is 45.1. The first-order chi connectivity index (χ1) is 35.3. The number of aliphatic hydroxyl groups excluding tert-OH is 2. The second kappa shape index (κ2) is 25.1. The van der Waals surface area contributed by atoms with Gasteiger partial charge in [0.05, 0.1) is 71.5 Å². The van der Waals surface area contributed by atoms with Crippen molar-refractivity contribution in [3.63, 3.8) is 0 Å². The van der Waals surface area contributed by atoms with Crippen LogP contribution >= 0.6 is 0 Å². The first kappa shape index (κ1) is 55.8. The Hall–Kier alpha value is -5.94. The molecule has 8 rings (SSSR count). The Morgan fingerprint density at radius 3 is 1.35 bits per heavy atom. The van der Waals surface area contributed by atoms with Crippen LogP contribution in [0.4, 0.5) is 0 Å². The number of aryl methyl sites for hydroxylation is 6. The first-order valence-corrected chi connectivity index (χ1v) is 26.5. The van der Waals surface area contributed by atoms with Gasteiger partial charge in [0.2, 0.25) is 0 Å². The molecule has 16 nitrogen and oxygen atoms in total. The Kier molecular flexibility index (Phi) is 18.9. The van der Waals surface area contributed by atoms with E-state index in [0.717, 1.165) is 121 Å². The van der Waals surface area contributed by atoms with Gasteiger partial charge >= 0.3 is 11.9 Å². The highest BCUT2D eigenvalue weighted by atomic mass is 16.5. The van der Waals surface area contributed by atoms with E-state index >= 15 is 0 Å². The summed E-state index contributed by atoms with van der Waals surface area (Å²) in [6.07, 6.45) is 8.23. The molecule has 2 saturated heterocycles. The Balaban J connectivity index is 0.000000216. The molecule has 6 heterocycles. The van der Waals surface area contributed by atoms with E-state index in [2.05, 4.69) is 45.5 Å². The average Bonchev–Trinajstić information content (AvgIpc) is 3.89. The number of nitrogens with zero attached hydrogens (tertiary/aromatic N) is 6. The molecule has 16 heteroatoms. The number of aliphatic hydroxyl groups is 2. The number of hydrogen-bond donors (Lipinski definition) is 2.